The SMILES string of the molecule is O=C(CCc1cccnc1)N1CCCN(C(=O)CCn2cccn2)CC1. The Kier molecular flexibility index (Phi) is 6.35. The van der Waals surface area contributed by atoms with Crippen molar-refractivity contribution in [2.45, 2.75) is 32.2 Å². The predicted molar refractivity (Wildman–Crippen MR) is 97.2 cm³/mol. The lowest BCUT2D eigenvalue weighted by Gasteiger charge is -2.22. The van der Waals surface area contributed by atoms with Gasteiger partial charge < -0.3 is 9.80 Å². The van der Waals surface area contributed by atoms with Gasteiger partial charge in [0.15, 0.2) is 0 Å². The highest BCUT2D eigenvalue weighted by Crippen LogP contribution is 2.09. The molecular formula is C19H25N5O2. The van der Waals surface area contributed by atoms with Crippen molar-refractivity contribution in [3.8, 4) is 0 Å². The second-order valence-corrected chi connectivity index (χ2v) is 6.50. The summed E-state index contributed by atoms with van der Waals surface area (Å²) in [5.74, 6) is 0.282. The van der Waals surface area contributed by atoms with Crippen molar-refractivity contribution in [2.75, 3.05) is 26.2 Å². The second kappa shape index (κ2) is 9.12. The highest BCUT2D eigenvalue weighted by atomic mass is 16.2. The van der Waals surface area contributed by atoms with Crippen molar-refractivity contribution >= 4 is 11.8 Å². The van der Waals surface area contributed by atoms with E-state index in [9.17, 15) is 9.59 Å². The van der Waals surface area contributed by atoms with Crippen LogP contribution in [-0.2, 0) is 22.6 Å². The molecule has 3 heterocycles. The molecule has 2 aromatic rings. The van der Waals surface area contributed by atoms with Crippen LogP contribution in [0.15, 0.2) is 43.0 Å². The van der Waals surface area contributed by atoms with Crippen LogP contribution in [-0.4, -0.2) is 62.6 Å². The molecule has 7 nitrogen and oxygen atoms in total. The highest BCUT2D eigenvalue weighted by molar-refractivity contribution is 5.78. The van der Waals surface area contributed by atoms with Gasteiger partial charge in [-0.05, 0) is 30.5 Å². The van der Waals surface area contributed by atoms with Gasteiger partial charge in [-0.3, -0.25) is 19.3 Å². The molecule has 0 atom stereocenters. The average molecular weight is 355 g/mol. The summed E-state index contributed by atoms with van der Waals surface area (Å²) in [7, 11) is 0. The molecule has 0 spiro atoms. The molecule has 0 aromatic carbocycles. The number of hydrogen-bond donors (Lipinski definition) is 0. The molecule has 1 aliphatic rings. The summed E-state index contributed by atoms with van der Waals surface area (Å²) in [5, 5.41) is 4.12. The minimum absolute atomic E-state index is 0.130. The minimum Gasteiger partial charge on any atom is -0.341 e. The normalized spacial score (nSPS) is 14.9. The molecule has 138 valence electrons. The van der Waals surface area contributed by atoms with Crippen LogP contribution in [0.2, 0.25) is 0 Å². The summed E-state index contributed by atoms with van der Waals surface area (Å²) < 4.78 is 1.77. The van der Waals surface area contributed by atoms with Gasteiger partial charge in [-0.2, -0.15) is 5.10 Å². The first-order valence-electron chi connectivity index (χ1n) is 9.14. The molecule has 0 bridgehead atoms. The maximum absolute atomic E-state index is 12.5. The van der Waals surface area contributed by atoms with Gasteiger partial charge in [-0.15, -0.1) is 0 Å². The third-order valence-electron chi connectivity index (χ3n) is 4.67. The number of aromatic nitrogens is 3. The van der Waals surface area contributed by atoms with Crippen LogP contribution in [0, 0.1) is 0 Å². The van der Waals surface area contributed by atoms with Crippen molar-refractivity contribution in [1.29, 1.82) is 0 Å². The van der Waals surface area contributed by atoms with E-state index in [2.05, 4.69) is 10.1 Å². The molecule has 1 saturated heterocycles. The standard InChI is InChI=1S/C19H25N5O2/c25-18(6-5-17-4-1-8-20-16-17)22-10-3-11-23(15-14-22)19(26)7-13-24-12-2-9-21-24/h1-2,4,8-9,12,16H,3,5-7,10-11,13-15H2. The van der Waals surface area contributed by atoms with E-state index < -0.39 is 0 Å². The second-order valence-electron chi connectivity index (χ2n) is 6.50. The van der Waals surface area contributed by atoms with E-state index in [0.717, 1.165) is 18.5 Å². The molecule has 0 aliphatic carbocycles. The van der Waals surface area contributed by atoms with Gasteiger partial charge in [0.1, 0.15) is 0 Å². The summed E-state index contributed by atoms with van der Waals surface area (Å²) in [5.41, 5.74) is 1.08. The number of pyridine rings is 1. The van der Waals surface area contributed by atoms with Crippen LogP contribution in [0.25, 0.3) is 0 Å². The maximum atomic E-state index is 12.5. The fourth-order valence-electron chi connectivity index (χ4n) is 3.17. The van der Waals surface area contributed by atoms with Crippen molar-refractivity contribution in [2.24, 2.45) is 0 Å². The quantitative estimate of drug-likeness (QED) is 0.784. The Morgan fingerprint density at radius 1 is 0.962 bits per heavy atom. The zero-order valence-corrected chi connectivity index (χ0v) is 15.0. The van der Waals surface area contributed by atoms with Gasteiger partial charge in [0, 0.05) is 70.4 Å². The predicted octanol–water partition coefficient (Wildman–Crippen LogP) is 1.36. The number of nitrogens with zero attached hydrogens (tertiary/aromatic N) is 5. The lowest BCUT2D eigenvalue weighted by Crippen LogP contribution is -2.37. The summed E-state index contributed by atoms with van der Waals surface area (Å²) in [6.07, 6.45) is 9.56. The zero-order chi connectivity index (χ0) is 18.2. The molecule has 7 heteroatoms. The van der Waals surface area contributed by atoms with Gasteiger partial charge in [0.25, 0.3) is 0 Å². The van der Waals surface area contributed by atoms with Crippen LogP contribution in [0.3, 0.4) is 0 Å². The lowest BCUT2D eigenvalue weighted by molar-refractivity contribution is -0.133. The maximum Gasteiger partial charge on any atom is 0.224 e. The fraction of sp³-hybridized carbons (Fsp3) is 0.474. The van der Waals surface area contributed by atoms with Crippen LogP contribution in [0.4, 0.5) is 0 Å². The highest BCUT2D eigenvalue weighted by Gasteiger charge is 2.21. The Morgan fingerprint density at radius 3 is 2.38 bits per heavy atom. The molecule has 0 radical (unpaired) electrons. The summed E-state index contributed by atoms with van der Waals surface area (Å²) in [6.45, 7) is 3.24. The van der Waals surface area contributed by atoms with Gasteiger partial charge in [0.2, 0.25) is 11.8 Å². The molecule has 1 fully saturated rings. The van der Waals surface area contributed by atoms with Gasteiger partial charge in [-0.1, -0.05) is 6.07 Å². The van der Waals surface area contributed by atoms with Crippen LogP contribution in [0.5, 0.6) is 0 Å². The van der Waals surface area contributed by atoms with Gasteiger partial charge in [-0.25, -0.2) is 0 Å². The Labute approximate surface area is 153 Å². The number of carbonyl (C=O) groups is 2. The minimum atomic E-state index is 0.130. The largest absolute Gasteiger partial charge is 0.341 e. The van der Waals surface area contributed by atoms with Crippen LogP contribution in [0.1, 0.15) is 24.8 Å². The molecule has 2 amide bonds. The van der Waals surface area contributed by atoms with Gasteiger partial charge in [0.05, 0.1) is 0 Å². The summed E-state index contributed by atoms with van der Waals surface area (Å²) in [4.78, 5) is 32.7. The molecule has 26 heavy (non-hydrogen) atoms. The Hall–Kier alpha value is -2.70. The molecule has 1 aliphatic heterocycles. The van der Waals surface area contributed by atoms with Gasteiger partial charge >= 0.3 is 0 Å². The number of amides is 2. The number of carbonyl (C=O) groups excluding carboxylic acids is 2. The molecular weight excluding hydrogens is 330 g/mol. The number of rotatable bonds is 6. The molecule has 2 aromatic heterocycles. The third-order valence-corrected chi connectivity index (χ3v) is 4.67. The molecule has 0 saturated carbocycles. The third kappa shape index (κ3) is 5.15. The van der Waals surface area contributed by atoms with E-state index in [1.165, 1.54) is 0 Å². The summed E-state index contributed by atoms with van der Waals surface area (Å²) in [6, 6.07) is 5.73. The van der Waals surface area contributed by atoms with Crippen molar-refractivity contribution < 1.29 is 9.59 Å². The Morgan fingerprint density at radius 2 is 1.73 bits per heavy atom. The first-order valence-corrected chi connectivity index (χ1v) is 9.14. The van der Waals surface area contributed by atoms with Crippen molar-refractivity contribution in [3.63, 3.8) is 0 Å². The summed E-state index contributed by atoms with van der Waals surface area (Å²) >= 11 is 0. The molecule has 0 unspecified atom stereocenters. The van der Waals surface area contributed by atoms with Crippen LogP contribution >= 0.6 is 0 Å². The lowest BCUT2D eigenvalue weighted by atomic mass is 10.1. The smallest absolute Gasteiger partial charge is 0.224 e. The van der Waals surface area contributed by atoms with Crippen molar-refractivity contribution in [1.82, 2.24) is 24.6 Å². The monoisotopic (exact) mass is 355 g/mol. The van der Waals surface area contributed by atoms with E-state index in [4.69, 9.17) is 0 Å². The Balaban J connectivity index is 1.43. The molecule has 3 rings (SSSR count). The van der Waals surface area contributed by atoms with Crippen molar-refractivity contribution in [3.05, 3.63) is 48.5 Å². The number of hydrogen-bond acceptors (Lipinski definition) is 4. The molecule has 0 N–H and O–H groups in total. The van der Waals surface area contributed by atoms with E-state index in [-0.39, 0.29) is 11.8 Å². The van der Waals surface area contributed by atoms with E-state index in [1.54, 1.807) is 23.3 Å². The van der Waals surface area contributed by atoms with Crippen LogP contribution < -0.4 is 0 Å². The first-order chi connectivity index (χ1) is 12.7. The average Bonchev–Trinajstić information content (AvgIpc) is 3.07. The zero-order valence-electron chi connectivity index (χ0n) is 15.0. The van der Waals surface area contributed by atoms with E-state index in [0.29, 0.717) is 45.4 Å². The number of aryl methyl sites for hydroxylation is 2. The fourth-order valence-corrected chi connectivity index (χ4v) is 3.17. The Bertz CT molecular complexity index is 702. The van der Waals surface area contributed by atoms with E-state index >= 15 is 0 Å². The van der Waals surface area contributed by atoms with E-state index in [1.807, 2.05) is 34.2 Å². The first kappa shape index (κ1) is 18.1. The topological polar surface area (TPSA) is 71.3 Å².